The summed E-state index contributed by atoms with van der Waals surface area (Å²) in [6.07, 6.45) is 0. The Morgan fingerprint density at radius 3 is 2.17 bits per heavy atom. The van der Waals surface area contributed by atoms with Crippen LogP contribution in [-0.4, -0.2) is 7.05 Å². The highest BCUT2D eigenvalue weighted by atomic mass is 14.8. The van der Waals surface area contributed by atoms with Crippen molar-refractivity contribution in [3.05, 3.63) is 91.0 Å². The van der Waals surface area contributed by atoms with Gasteiger partial charge in [-0.05, 0) is 39.6 Å². The van der Waals surface area contributed by atoms with Gasteiger partial charge in [0.1, 0.15) is 0 Å². The molecule has 0 saturated heterocycles. The first-order valence-corrected chi connectivity index (χ1v) is 8.22. The van der Waals surface area contributed by atoms with Gasteiger partial charge in [0.15, 0.2) is 0 Å². The summed E-state index contributed by atoms with van der Waals surface area (Å²) in [5.41, 5.74) is 6.11. The van der Waals surface area contributed by atoms with Crippen LogP contribution in [0.2, 0.25) is 0 Å². The third kappa shape index (κ3) is 2.55. The summed E-state index contributed by atoms with van der Waals surface area (Å²) in [4.78, 5) is 0. The van der Waals surface area contributed by atoms with Gasteiger partial charge in [-0.15, -0.1) is 0 Å². The van der Waals surface area contributed by atoms with Gasteiger partial charge in [-0.25, -0.2) is 0 Å². The van der Waals surface area contributed by atoms with Crippen LogP contribution in [0.15, 0.2) is 91.0 Å². The molecule has 0 bridgehead atoms. The molecule has 1 N–H and O–H groups in total. The van der Waals surface area contributed by atoms with Gasteiger partial charge >= 0.3 is 0 Å². The lowest BCUT2D eigenvalue weighted by Crippen LogP contribution is -1.93. The second-order valence-electron chi connectivity index (χ2n) is 5.90. The van der Waals surface area contributed by atoms with E-state index in [1.807, 2.05) is 7.05 Å². The zero-order valence-corrected chi connectivity index (χ0v) is 13.7. The first-order chi connectivity index (χ1) is 11.9. The van der Waals surface area contributed by atoms with Crippen molar-refractivity contribution in [3.8, 4) is 22.3 Å². The maximum Gasteiger partial charge on any atom is 0.0417 e. The normalized spacial score (nSPS) is 10.7. The minimum Gasteiger partial charge on any atom is -0.388 e. The molecule has 0 spiro atoms. The van der Waals surface area contributed by atoms with Gasteiger partial charge in [0.2, 0.25) is 0 Å². The van der Waals surface area contributed by atoms with Crippen molar-refractivity contribution in [3.63, 3.8) is 0 Å². The summed E-state index contributed by atoms with van der Waals surface area (Å²) in [6.45, 7) is 0. The molecular formula is C23H19N. The molecular weight excluding hydrogens is 290 g/mol. The highest BCUT2D eigenvalue weighted by Gasteiger charge is 2.08. The van der Waals surface area contributed by atoms with Crippen molar-refractivity contribution >= 4 is 16.5 Å². The molecule has 4 aromatic rings. The molecule has 4 rings (SSSR count). The smallest absolute Gasteiger partial charge is 0.0417 e. The Morgan fingerprint density at radius 2 is 1.33 bits per heavy atom. The van der Waals surface area contributed by atoms with Gasteiger partial charge < -0.3 is 5.32 Å². The molecule has 0 aliphatic carbocycles. The fraction of sp³-hybridized carbons (Fsp3) is 0.0435. The molecule has 0 radical (unpaired) electrons. The molecule has 1 heteroatoms. The molecule has 0 saturated carbocycles. The van der Waals surface area contributed by atoms with Gasteiger partial charge in [0.25, 0.3) is 0 Å². The molecule has 0 aromatic heterocycles. The molecule has 0 unspecified atom stereocenters. The number of nitrogens with one attached hydrogen (secondary N) is 1. The molecule has 116 valence electrons. The van der Waals surface area contributed by atoms with E-state index < -0.39 is 0 Å². The summed E-state index contributed by atoms with van der Waals surface area (Å²) >= 11 is 0. The van der Waals surface area contributed by atoms with Gasteiger partial charge in [-0.2, -0.15) is 0 Å². The average Bonchev–Trinajstić information content (AvgIpc) is 2.68. The molecule has 0 aliphatic heterocycles. The fourth-order valence-corrected chi connectivity index (χ4v) is 3.26. The first-order valence-electron chi connectivity index (χ1n) is 8.22. The van der Waals surface area contributed by atoms with E-state index >= 15 is 0 Å². The highest BCUT2D eigenvalue weighted by Crippen LogP contribution is 2.35. The molecule has 24 heavy (non-hydrogen) atoms. The quantitative estimate of drug-likeness (QED) is 0.474. The van der Waals surface area contributed by atoms with Crippen molar-refractivity contribution < 1.29 is 0 Å². The Morgan fingerprint density at radius 1 is 0.583 bits per heavy atom. The summed E-state index contributed by atoms with van der Waals surface area (Å²) in [5, 5.41) is 5.87. The topological polar surface area (TPSA) is 12.0 Å². The zero-order valence-electron chi connectivity index (χ0n) is 13.7. The maximum absolute atomic E-state index is 3.31. The van der Waals surface area contributed by atoms with E-state index in [9.17, 15) is 0 Å². The largest absolute Gasteiger partial charge is 0.388 e. The Bertz CT molecular complexity index is 982. The second-order valence-corrected chi connectivity index (χ2v) is 5.90. The molecule has 0 fully saturated rings. The van der Waals surface area contributed by atoms with Crippen molar-refractivity contribution in [2.24, 2.45) is 0 Å². The number of fused-ring (bicyclic) bond motifs is 1. The standard InChI is InChI=1S/C23H19N/c1-24-23-15-14-19(16-22(23)18-8-3-2-4-9-18)21-13-7-11-17-10-5-6-12-20(17)21/h2-16,24H,1H3. The van der Waals surface area contributed by atoms with Crippen LogP contribution < -0.4 is 5.32 Å². The van der Waals surface area contributed by atoms with E-state index in [1.165, 1.54) is 33.0 Å². The SMILES string of the molecule is CNc1ccc(-c2cccc3ccccc23)cc1-c1ccccc1. The lowest BCUT2D eigenvalue weighted by Gasteiger charge is -2.13. The molecule has 0 aliphatic rings. The number of rotatable bonds is 3. The molecule has 0 amide bonds. The minimum absolute atomic E-state index is 1.14. The lowest BCUT2D eigenvalue weighted by atomic mass is 9.94. The number of hydrogen-bond acceptors (Lipinski definition) is 1. The third-order valence-corrected chi connectivity index (χ3v) is 4.47. The maximum atomic E-state index is 3.31. The van der Waals surface area contributed by atoms with Crippen LogP contribution in [0.25, 0.3) is 33.0 Å². The van der Waals surface area contributed by atoms with E-state index in [-0.39, 0.29) is 0 Å². The van der Waals surface area contributed by atoms with Crippen LogP contribution in [0.4, 0.5) is 5.69 Å². The molecule has 0 heterocycles. The minimum atomic E-state index is 1.14. The van der Waals surface area contributed by atoms with Crippen LogP contribution >= 0.6 is 0 Å². The Balaban J connectivity index is 1.93. The van der Waals surface area contributed by atoms with E-state index in [0.29, 0.717) is 0 Å². The van der Waals surface area contributed by atoms with Crippen molar-refractivity contribution in [2.75, 3.05) is 12.4 Å². The van der Waals surface area contributed by atoms with E-state index in [0.717, 1.165) is 5.69 Å². The van der Waals surface area contributed by atoms with Crippen LogP contribution in [0.1, 0.15) is 0 Å². The summed E-state index contributed by atoms with van der Waals surface area (Å²) in [6, 6.07) is 32.2. The Kier molecular flexibility index (Phi) is 3.76. The average molecular weight is 309 g/mol. The van der Waals surface area contributed by atoms with Gasteiger partial charge in [-0.1, -0.05) is 78.9 Å². The van der Waals surface area contributed by atoms with E-state index in [2.05, 4.69) is 96.3 Å². The van der Waals surface area contributed by atoms with Crippen LogP contribution in [-0.2, 0) is 0 Å². The summed E-state index contributed by atoms with van der Waals surface area (Å²) < 4.78 is 0. The zero-order chi connectivity index (χ0) is 16.4. The van der Waals surface area contributed by atoms with Gasteiger partial charge in [0.05, 0.1) is 0 Å². The fourth-order valence-electron chi connectivity index (χ4n) is 3.26. The van der Waals surface area contributed by atoms with Gasteiger partial charge in [0, 0.05) is 18.3 Å². The van der Waals surface area contributed by atoms with Crippen molar-refractivity contribution in [1.82, 2.24) is 0 Å². The van der Waals surface area contributed by atoms with Crippen molar-refractivity contribution in [2.45, 2.75) is 0 Å². The molecule has 4 aromatic carbocycles. The van der Waals surface area contributed by atoms with Crippen LogP contribution in [0, 0.1) is 0 Å². The number of hydrogen-bond donors (Lipinski definition) is 1. The van der Waals surface area contributed by atoms with Crippen molar-refractivity contribution in [1.29, 1.82) is 0 Å². The third-order valence-electron chi connectivity index (χ3n) is 4.47. The summed E-state index contributed by atoms with van der Waals surface area (Å²) in [5.74, 6) is 0. The highest BCUT2D eigenvalue weighted by molar-refractivity contribution is 5.98. The summed E-state index contributed by atoms with van der Waals surface area (Å²) in [7, 11) is 1.97. The first kappa shape index (κ1) is 14.5. The Labute approximate surface area is 142 Å². The second kappa shape index (κ2) is 6.21. The molecule has 1 nitrogen and oxygen atoms in total. The predicted molar refractivity (Wildman–Crippen MR) is 104 cm³/mol. The van der Waals surface area contributed by atoms with E-state index in [1.54, 1.807) is 0 Å². The van der Waals surface area contributed by atoms with Crippen LogP contribution in [0.3, 0.4) is 0 Å². The lowest BCUT2D eigenvalue weighted by molar-refractivity contribution is 1.50. The number of benzene rings is 4. The Hall–Kier alpha value is -3.06. The predicted octanol–water partition coefficient (Wildman–Crippen LogP) is 6.22. The van der Waals surface area contributed by atoms with E-state index in [4.69, 9.17) is 0 Å². The van der Waals surface area contributed by atoms with Crippen LogP contribution in [0.5, 0.6) is 0 Å². The molecule has 0 atom stereocenters. The monoisotopic (exact) mass is 309 g/mol. The van der Waals surface area contributed by atoms with Gasteiger partial charge in [-0.3, -0.25) is 0 Å². The number of anilines is 1.